The van der Waals surface area contributed by atoms with Crippen LogP contribution in [0.25, 0.3) is 0 Å². The average Bonchev–Trinajstić information content (AvgIpc) is 3.75. The lowest BCUT2D eigenvalue weighted by Crippen LogP contribution is -2.68. The SMILES string of the molecule is C=C(C)[C@@H]1CC[C@]2(NCCN3CCS(=O)(=O)CC3)CC[C@]3(C)[C@H](CC[C@@H]4[C@@]5(C)CC=C(C6=CCC(COc7nsnc7C)(C(=O)O)CC6)C(C)(C)[C@@H]5CC[C@]43C)[C@@H]12. The Hall–Kier alpha value is -2.08. The number of fused-ring (bicyclic) bond motifs is 7. The van der Waals surface area contributed by atoms with Gasteiger partial charge in [-0.1, -0.05) is 58.9 Å². The fourth-order valence-electron chi connectivity index (χ4n) is 15.1. The molecule has 1 unspecified atom stereocenters. The Morgan fingerprint density at radius 3 is 2.37 bits per heavy atom. The van der Waals surface area contributed by atoms with Gasteiger partial charge in [0.05, 0.1) is 23.2 Å². The number of nitrogens with zero attached hydrogens (tertiary/aromatic N) is 3. The maximum Gasteiger partial charge on any atom is 0.313 e. The average molecular weight is 823 g/mol. The van der Waals surface area contributed by atoms with Gasteiger partial charge in [0.15, 0.2) is 9.84 Å². The summed E-state index contributed by atoms with van der Waals surface area (Å²) in [5.74, 6) is 3.28. The summed E-state index contributed by atoms with van der Waals surface area (Å²) < 4.78 is 38.6. The van der Waals surface area contributed by atoms with E-state index >= 15 is 0 Å². The van der Waals surface area contributed by atoms with E-state index in [-0.39, 0.29) is 33.8 Å². The van der Waals surface area contributed by atoms with E-state index in [9.17, 15) is 18.3 Å². The maximum absolute atomic E-state index is 12.7. The third kappa shape index (κ3) is 6.64. The second-order valence-electron chi connectivity index (χ2n) is 21.3. The van der Waals surface area contributed by atoms with E-state index in [0.717, 1.165) is 37.7 Å². The van der Waals surface area contributed by atoms with Crippen molar-refractivity contribution in [1.29, 1.82) is 0 Å². The molecular weight excluding hydrogens is 753 g/mol. The monoisotopic (exact) mass is 822 g/mol. The van der Waals surface area contributed by atoms with Crippen molar-refractivity contribution in [3.05, 3.63) is 41.1 Å². The van der Waals surface area contributed by atoms with Crippen LogP contribution in [-0.4, -0.2) is 83.0 Å². The smallest absolute Gasteiger partial charge is 0.313 e. The zero-order valence-electron chi connectivity index (χ0n) is 35.9. The number of carbonyl (C=O) groups is 1. The fourth-order valence-corrected chi connectivity index (χ4v) is 16.9. The molecule has 7 aliphatic rings. The highest BCUT2D eigenvalue weighted by molar-refractivity contribution is 7.91. The summed E-state index contributed by atoms with van der Waals surface area (Å²) >= 11 is 1.10. The van der Waals surface area contributed by atoms with E-state index in [1.54, 1.807) is 0 Å². The number of aromatic nitrogens is 2. The molecule has 1 aromatic heterocycles. The highest BCUT2D eigenvalue weighted by Gasteiger charge is 2.70. The number of hydrogen-bond donors (Lipinski definition) is 2. The van der Waals surface area contributed by atoms with Gasteiger partial charge in [-0.25, -0.2) is 8.42 Å². The van der Waals surface area contributed by atoms with Crippen LogP contribution in [0.1, 0.15) is 124 Å². The topological polar surface area (TPSA) is 122 Å². The van der Waals surface area contributed by atoms with Gasteiger partial charge in [-0.3, -0.25) is 4.79 Å². The summed E-state index contributed by atoms with van der Waals surface area (Å²) in [5.41, 5.74) is 4.79. The summed E-state index contributed by atoms with van der Waals surface area (Å²) in [7, 11) is -2.87. The van der Waals surface area contributed by atoms with Gasteiger partial charge in [-0.05, 0) is 153 Å². The number of allylic oxidation sites excluding steroid dienone is 5. The molecule has 0 aromatic carbocycles. The van der Waals surface area contributed by atoms with E-state index in [2.05, 4.69) is 79.2 Å². The second-order valence-corrected chi connectivity index (χ2v) is 24.1. The number of nitrogens with one attached hydrogen (secondary N) is 1. The largest absolute Gasteiger partial charge is 0.481 e. The Bertz CT molecular complexity index is 1930. The summed E-state index contributed by atoms with van der Waals surface area (Å²) in [5, 5.41) is 14.7. The van der Waals surface area contributed by atoms with Gasteiger partial charge >= 0.3 is 5.97 Å². The molecule has 6 aliphatic carbocycles. The van der Waals surface area contributed by atoms with Crippen molar-refractivity contribution >= 4 is 27.5 Å². The number of ether oxygens (including phenoxy) is 1. The van der Waals surface area contributed by atoms with Crippen molar-refractivity contribution < 1.29 is 23.1 Å². The van der Waals surface area contributed by atoms with Crippen molar-refractivity contribution in [2.45, 2.75) is 131 Å². The van der Waals surface area contributed by atoms with Gasteiger partial charge in [0.2, 0.25) is 5.88 Å². The molecule has 5 fully saturated rings. The highest BCUT2D eigenvalue weighted by atomic mass is 32.2. The minimum Gasteiger partial charge on any atom is -0.481 e. The van der Waals surface area contributed by atoms with Crippen LogP contribution in [0.3, 0.4) is 0 Å². The molecule has 10 atom stereocenters. The summed E-state index contributed by atoms with van der Waals surface area (Å²) in [4.78, 5) is 15.1. The lowest BCUT2D eigenvalue weighted by Gasteiger charge is -2.72. The minimum atomic E-state index is -2.87. The molecule has 0 spiro atoms. The molecule has 9 nitrogen and oxygen atoms in total. The lowest BCUT2D eigenvalue weighted by atomic mass is 9.33. The van der Waals surface area contributed by atoms with E-state index in [4.69, 9.17) is 4.74 Å². The number of rotatable bonds is 10. The van der Waals surface area contributed by atoms with Gasteiger partial charge < -0.3 is 20.1 Å². The van der Waals surface area contributed by atoms with Crippen LogP contribution in [0, 0.1) is 63.6 Å². The van der Waals surface area contributed by atoms with Crippen LogP contribution >= 0.6 is 11.7 Å². The first kappa shape index (κ1) is 41.6. The molecule has 2 heterocycles. The first-order valence-electron chi connectivity index (χ1n) is 22.2. The number of hydrogen-bond acceptors (Lipinski definition) is 9. The molecule has 11 heteroatoms. The molecular formula is C46H70N4O5S2. The number of aryl methyl sites for hydroxylation is 1. The molecule has 0 radical (unpaired) electrons. The molecule has 8 rings (SSSR count). The molecule has 1 aromatic rings. The molecule has 57 heavy (non-hydrogen) atoms. The molecule has 1 aliphatic heterocycles. The lowest BCUT2D eigenvalue weighted by molar-refractivity contribution is -0.221. The van der Waals surface area contributed by atoms with Crippen molar-refractivity contribution in [2.24, 2.45) is 56.7 Å². The van der Waals surface area contributed by atoms with Crippen molar-refractivity contribution in [3.63, 3.8) is 0 Å². The number of aliphatic carboxylic acids is 1. The standard InChI is InChI=1S/C46H70N4O5S2/c1-30(2)33-13-20-46(47-23-24-50-25-27-57(53,54)28-26-50)22-21-43(7)35(38(33)46)9-10-37-42(6)16-14-34(41(4,5)36(42)15-17-44(37,43)8)32-11-18-45(19-12-32,40(51)52)29-55-39-31(3)48-56-49-39/h11,14,33,35-38,47H,1,9-10,12-13,15-29H2,2-8H3,(H,51,52)/t33-,35+,36-,37+,38+,42-,43+,44+,45?,46-/m0/s1. The molecule has 316 valence electrons. The predicted molar refractivity (Wildman–Crippen MR) is 228 cm³/mol. The van der Waals surface area contributed by atoms with E-state index in [1.165, 1.54) is 68.1 Å². The third-order valence-electron chi connectivity index (χ3n) is 18.5. The third-order valence-corrected chi connectivity index (χ3v) is 20.7. The zero-order chi connectivity index (χ0) is 40.8. The van der Waals surface area contributed by atoms with Crippen LogP contribution < -0.4 is 10.1 Å². The van der Waals surface area contributed by atoms with Crippen LogP contribution in [0.4, 0.5) is 0 Å². The highest BCUT2D eigenvalue weighted by Crippen LogP contribution is 2.76. The van der Waals surface area contributed by atoms with Crippen LogP contribution in [0.15, 0.2) is 35.5 Å². The number of sulfone groups is 1. The van der Waals surface area contributed by atoms with Gasteiger partial charge in [0.25, 0.3) is 0 Å². The zero-order valence-corrected chi connectivity index (χ0v) is 37.6. The van der Waals surface area contributed by atoms with Gasteiger partial charge in [0, 0.05) is 31.7 Å². The van der Waals surface area contributed by atoms with Crippen molar-refractivity contribution in [3.8, 4) is 5.88 Å². The Morgan fingerprint density at radius 2 is 1.72 bits per heavy atom. The second kappa shape index (κ2) is 14.5. The van der Waals surface area contributed by atoms with Crippen molar-refractivity contribution in [2.75, 3.05) is 44.3 Å². The van der Waals surface area contributed by atoms with Gasteiger partial charge in [-0.2, -0.15) is 4.37 Å². The fraction of sp³-hybridized carbons (Fsp3) is 0.804. The molecule has 0 bridgehead atoms. The molecule has 0 amide bonds. The van der Waals surface area contributed by atoms with E-state index in [0.29, 0.717) is 78.6 Å². The Morgan fingerprint density at radius 1 is 0.965 bits per heavy atom. The van der Waals surface area contributed by atoms with Gasteiger partial charge in [-0.15, -0.1) is 4.37 Å². The maximum atomic E-state index is 12.7. The Labute approximate surface area is 347 Å². The first-order valence-corrected chi connectivity index (χ1v) is 24.7. The Balaban J connectivity index is 1.01. The van der Waals surface area contributed by atoms with Crippen molar-refractivity contribution in [1.82, 2.24) is 19.0 Å². The quantitative estimate of drug-likeness (QED) is 0.223. The summed E-state index contributed by atoms with van der Waals surface area (Å²) in [6, 6.07) is 0. The molecule has 4 saturated carbocycles. The Kier molecular flexibility index (Phi) is 10.6. The first-order chi connectivity index (χ1) is 26.8. The molecule has 1 saturated heterocycles. The summed E-state index contributed by atoms with van der Waals surface area (Å²) in [6.45, 7) is 25.1. The van der Waals surface area contributed by atoms with E-state index in [1.807, 2.05) is 6.92 Å². The van der Waals surface area contributed by atoms with Crippen LogP contribution in [0.5, 0.6) is 5.88 Å². The minimum absolute atomic E-state index is 0.00169. The summed E-state index contributed by atoms with van der Waals surface area (Å²) in [6.07, 6.45) is 17.7. The van der Waals surface area contributed by atoms with Crippen LogP contribution in [-0.2, 0) is 14.6 Å². The number of carboxylic acid groups (broad SMARTS) is 1. The van der Waals surface area contributed by atoms with Crippen LogP contribution in [0.2, 0.25) is 0 Å². The number of carboxylic acids is 1. The van der Waals surface area contributed by atoms with E-state index < -0.39 is 21.2 Å². The van der Waals surface area contributed by atoms with Gasteiger partial charge in [0.1, 0.15) is 17.7 Å². The predicted octanol–water partition coefficient (Wildman–Crippen LogP) is 8.67. The normalized spacial score (nSPS) is 42.4. The molecule has 2 N–H and O–H groups in total.